The van der Waals surface area contributed by atoms with Gasteiger partial charge in [0.2, 0.25) is 0 Å². The summed E-state index contributed by atoms with van der Waals surface area (Å²) in [4.78, 5) is 0. The van der Waals surface area contributed by atoms with E-state index in [0.717, 1.165) is 5.56 Å². The van der Waals surface area contributed by atoms with Crippen molar-refractivity contribution in [3.63, 3.8) is 0 Å². The van der Waals surface area contributed by atoms with Gasteiger partial charge < -0.3 is 5.11 Å². The van der Waals surface area contributed by atoms with Crippen LogP contribution in [0, 0.1) is 12.7 Å². The fraction of sp³-hybridized carbons (Fsp3) is 0.250. The maximum atomic E-state index is 13.7. The third-order valence-electron chi connectivity index (χ3n) is 2.47. The van der Waals surface area contributed by atoms with Gasteiger partial charge in [-0.3, -0.25) is 4.68 Å². The molecule has 2 rings (SSSR count). The number of hydrogen-bond donors (Lipinski definition) is 1. The van der Waals surface area contributed by atoms with Gasteiger partial charge in [-0.2, -0.15) is 5.10 Å². The molecule has 3 nitrogen and oxygen atoms in total. The molecule has 0 atom stereocenters. The van der Waals surface area contributed by atoms with E-state index < -0.39 is 0 Å². The summed E-state index contributed by atoms with van der Waals surface area (Å²) in [6.07, 6.45) is 1.71. The third-order valence-corrected chi connectivity index (χ3v) is 2.47. The predicted molar refractivity (Wildman–Crippen MR) is 59.3 cm³/mol. The first-order valence-corrected chi connectivity index (χ1v) is 5.01. The number of aryl methyl sites for hydroxylation is 2. The first kappa shape index (κ1) is 10.8. The van der Waals surface area contributed by atoms with Crippen LogP contribution in [0.25, 0.3) is 11.1 Å². The summed E-state index contributed by atoms with van der Waals surface area (Å²) in [7, 11) is 1.74. The van der Waals surface area contributed by atoms with E-state index in [-0.39, 0.29) is 12.4 Å². The summed E-state index contributed by atoms with van der Waals surface area (Å²) >= 11 is 0. The van der Waals surface area contributed by atoms with E-state index in [1.807, 2.05) is 13.0 Å². The molecular weight excluding hydrogens is 207 g/mol. The van der Waals surface area contributed by atoms with E-state index in [1.54, 1.807) is 24.0 Å². The van der Waals surface area contributed by atoms with Gasteiger partial charge in [0.1, 0.15) is 5.82 Å². The minimum atomic E-state index is -0.289. The summed E-state index contributed by atoms with van der Waals surface area (Å²) in [5.41, 5.74) is 2.48. The highest BCUT2D eigenvalue weighted by atomic mass is 19.1. The number of aromatic nitrogens is 2. The summed E-state index contributed by atoms with van der Waals surface area (Å²) < 4.78 is 15.3. The third kappa shape index (κ3) is 1.84. The lowest BCUT2D eigenvalue weighted by atomic mass is 10.0. The van der Waals surface area contributed by atoms with Crippen LogP contribution in [-0.2, 0) is 13.7 Å². The molecule has 0 aliphatic carbocycles. The van der Waals surface area contributed by atoms with Crippen molar-refractivity contribution in [2.45, 2.75) is 13.5 Å². The van der Waals surface area contributed by atoms with Gasteiger partial charge in [-0.25, -0.2) is 4.39 Å². The Morgan fingerprint density at radius 1 is 1.38 bits per heavy atom. The van der Waals surface area contributed by atoms with E-state index >= 15 is 0 Å². The smallest absolute Gasteiger partial charge is 0.131 e. The average Bonchev–Trinajstić information content (AvgIpc) is 2.59. The van der Waals surface area contributed by atoms with Gasteiger partial charge in [0.05, 0.1) is 12.3 Å². The number of nitrogens with zero attached hydrogens (tertiary/aromatic N) is 2. The lowest BCUT2D eigenvalue weighted by Gasteiger charge is -2.03. The van der Waals surface area contributed by atoms with Gasteiger partial charge >= 0.3 is 0 Å². The van der Waals surface area contributed by atoms with Crippen molar-refractivity contribution in [2.24, 2.45) is 7.05 Å². The van der Waals surface area contributed by atoms with Crippen molar-refractivity contribution >= 4 is 0 Å². The summed E-state index contributed by atoms with van der Waals surface area (Å²) in [6.45, 7) is 1.65. The minimum absolute atomic E-state index is 0.191. The van der Waals surface area contributed by atoms with E-state index in [1.165, 1.54) is 6.07 Å². The Labute approximate surface area is 93.2 Å². The average molecular weight is 220 g/mol. The van der Waals surface area contributed by atoms with Crippen molar-refractivity contribution in [1.29, 1.82) is 0 Å². The van der Waals surface area contributed by atoms with E-state index in [2.05, 4.69) is 5.10 Å². The highest BCUT2D eigenvalue weighted by Gasteiger charge is 2.12. The topological polar surface area (TPSA) is 38.0 Å². The van der Waals surface area contributed by atoms with Crippen molar-refractivity contribution in [3.05, 3.63) is 41.5 Å². The van der Waals surface area contributed by atoms with Crippen LogP contribution >= 0.6 is 0 Å². The number of rotatable bonds is 2. The molecule has 0 saturated carbocycles. The van der Waals surface area contributed by atoms with E-state index in [4.69, 9.17) is 5.11 Å². The Balaban J connectivity index is 2.57. The largest absolute Gasteiger partial charge is 0.390 e. The standard InChI is InChI=1S/C12H13FN2O/c1-8-3-4-9(11(13)5-8)10-6-15(2)14-12(10)7-16/h3-6,16H,7H2,1-2H3. The molecule has 0 unspecified atom stereocenters. The molecule has 84 valence electrons. The van der Waals surface area contributed by atoms with Crippen LogP contribution in [0.15, 0.2) is 24.4 Å². The maximum Gasteiger partial charge on any atom is 0.131 e. The molecule has 0 aliphatic rings. The van der Waals surface area contributed by atoms with Gasteiger partial charge in [0, 0.05) is 24.4 Å². The molecule has 0 fully saturated rings. The fourth-order valence-electron chi connectivity index (χ4n) is 1.71. The van der Waals surface area contributed by atoms with E-state index in [9.17, 15) is 4.39 Å². The second kappa shape index (κ2) is 4.06. The minimum Gasteiger partial charge on any atom is -0.390 e. The van der Waals surface area contributed by atoms with Crippen LogP contribution in [0.2, 0.25) is 0 Å². The zero-order valence-electron chi connectivity index (χ0n) is 9.24. The van der Waals surface area contributed by atoms with Gasteiger partial charge in [-0.1, -0.05) is 12.1 Å². The Morgan fingerprint density at radius 3 is 2.75 bits per heavy atom. The molecule has 2 aromatic rings. The molecular formula is C12H13FN2O. The molecule has 1 heterocycles. The zero-order chi connectivity index (χ0) is 11.7. The molecule has 16 heavy (non-hydrogen) atoms. The molecule has 1 N–H and O–H groups in total. The van der Waals surface area contributed by atoms with Gasteiger partial charge in [-0.15, -0.1) is 0 Å². The van der Waals surface area contributed by atoms with Crippen LogP contribution in [0.3, 0.4) is 0 Å². The molecule has 0 amide bonds. The van der Waals surface area contributed by atoms with Crippen molar-refractivity contribution < 1.29 is 9.50 Å². The predicted octanol–water partition coefficient (Wildman–Crippen LogP) is 2.03. The molecule has 0 spiro atoms. The number of hydrogen-bond acceptors (Lipinski definition) is 2. The van der Waals surface area contributed by atoms with Gasteiger partial charge in [0.25, 0.3) is 0 Å². The Bertz CT molecular complexity index is 520. The molecule has 1 aromatic heterocycles. The molecule has 0 bridgehead atoms. The number of halogens is 1. The number of aliphatic hydroxyl groups excluding tert-OH is 1. The first-order chi connectivity index (χ1) is 7.61. The van der Waals surface area contributed by atoms with Crippen molar-refractivity contribution in [3.8, 4) is 11.1 Å². The SMILES string of the molecule is Cc1ccc(-c2cn(C)nc2CO)c(F)c1. The summed E-state index contributed by atoms with van der Waals surface area (Å²) in [6, 6.07) is 5.02. The fourth-order valence-corrected chi connectivity index (χ4v) is 1.71. The molecule has 0 saturated heterocycles. The lowest BCUT2D eigenvalue weighted by molar-refractivity contribution is 0.276. The first-order valence-electron chi connectivity index (χ1n) is 5.01. The Kier molecular flexibility index (Phi) is 2.75. The summed E-state index contributed by atoms with van der Waals surface area (Å²) in [5, 5.41) is 13.2. The molecule has 0 radical (unpaired) electrons. The summed E-state index contributed by atoms with van der Waals surface area (Å²) in [5.74, 6) is -0.289. The van der Waals surface area contributed by atoms with Crippen LogP contribution in [0.5, 0.6) is 0 Å². The van der Waals surface area contributed by atoms with Crippen LogP contribution in [-0.4, -0.2) is 14.9 Å². The van der Waals surface area contributed by atoms with Crippen LogP contribution in [0.4, 0.5) is 4.39 Å². The van der Waals surface area contributed by atoms with Gasteiger partial charge in [0.15, 0.2) is 0 Å². The molecule has 1 aromatic carbocycles. The quantitative estimate of drug-likeness (QED) is 0.840. The van der Waals surface area contributed by atoms with Crippen molar-refractivity contribution in [1.82, 2.24) is 9.78 Å². The monoisotopic (exact) mass is 220 g/mol. The normalized spacial score (nSPS) is 10.8. The van der Waals surface area contributed by atoms with Gasteiger partial charge in [-0.05, 0) is 18.6 Å². The highest BCUT2D eigenvalue weighted by Crippen LogP contribution is 2.26. The second-order valence-electron chi connectivity index (χ2n) is 3.80. The zero-order valence-corrected chi connectivity index (χ0v) is 9.24. The molecule has 4 heteroatoms. The van der Waals surface area contributed by atoms with E-state index in [0.29, 0.717) is 16.8 Å². The van der Waals surface area contributed by atoms with Crippen LogP contribution < -0.4 is 0 Å². The second-order valence-corrected chi connectivity index (χ2v) is 3.80. The number of aliphatic hydroxyl groups is 1. The lowest BCUT2D eigenvalue weighted by Crippen LogP contribution is -1.91. The Hall–Kier alpha value is -1.68. The Morgan fingerprint density at radius 2 is 2.12 bits per heavy atom. The van der Waals surface area contributed by atoms with Crippen molar-refractivity contribution in [2.75, 3.05) is 0 Å². The molecule has 0 aliphatic heterocycles. The highest BCUT2D eigenvalue weighted by molar-refractivity contribution is 5.66. The van der Waals surface area contributed by atoms with Crippen LogP contribution in [0.1, 0.15) is 11.3 Å². The number of benzene rings is 1. The maximum absolute atomic E-state index is 13.7.